The van der Waals surface area contributed by atoms with Crippen molar-refractivity contribution in [2.45, 2.75) is 19.8 Å². The summed E-state index contributed by atoms with van der Waals surface area (Å²) in [5, 5.41) is 8.63. The molecule has 1 N–H and O–H groups in total. The lowest BCUT2D eigenvalue weighted by molar-refractivity contribution is -0.145. The van der Waals surface area contributed by atoms with Crippen LogP contribution in [0.25, 0.3) is 6.08 Å². The smallest absolute Gasteiger partial charge is 0.330 e. The van der Waals surface area contributed by atoms with Crippen LogP contribution in [0.15, 0.2) is 54.6 Å². The fraction of sp³-hybridized carbons (Fsp3) is 0.273. The van der Waals surface area contributed by atoms with Gasteiger partial charge in [-0.05, 0) is 49.8 Å². The number of benzene rings is 2. The normalized spacial score (nSPS) is 14.4. The van der Waals surface area contributed by atoms with E-state index in [0.717, 1.165) is 11.1 Å². The van der Waals surface area contributed by atoms with Crippen molar-refractivity contribution in [2.24, 2.45) is 0 Å². The van der Waals surface area contributed by atoms with E-state index >= 15 is 0 Å². The molecule has 148 valence electrons. The molecule has 0 aliphatic carbocycles. The van der Waals surface area contributed by atoms with E-state index in [1.54, 1.807) is 50.3 Å². The first-order valence-electron chi connectivity index (χ1n) is 9.07. The number of carbonyl (C=O) groups excluding carboxylic acids is 2. The highest BCUT2D eigenvalue weighted by atomic mass is 16.5. The van der Waals surface area contributed by atoms with Crippen LogP contribution in [0.5, 0.6) is 11.5 Å². The highest BCUT2D eigenvalue weighted by Crippen LogP contribution is 2.35. The number of ether oxygens (including phenoxy) is 3. The van der Waals surface area contributed by atoms with Gasteiger partial charge >= 0.3 is 11.9 Å². The van der Waals surface area contributed by atoms with Gasteiger partial charge in [-0.25, -0.2) is 4.79 Å². The monoisotopic (exact) mass is 384 g/mol. The molecule has 28 heavy (non-hydrogen) atoms. The van der Waals surface area contributed by atoms with Crippen LogP contribution in [0.1, 0.15) is 30.9 Å². The van der Waals surface area contributed by atoms with Crippen LogP contribution in [0.2, 0.25) is 0 Å². The lowest BCUT2D eigenvalue weighted by Gasteiger charge is -2.08. The summed E-state index contributed by atoms with van der Waals surface area (Å²) in [6.45, 7) is 4.49. The van der Waals surface area contributed by atoms with Gasteiger partial charge in [-0.3, -0.25) is 4.79 Å². The third kappa shape index (κ3) is 6.16. The zero-order valence-electron chi connectivity index (χ0n) is 16.0. The molecule has 1 unspecified atom stereocenters. The van der Waals surface area contributed by atoms with Crippen LogP contribution in [-0.4, -0.2) is 36.9 Å². The summed E-state index contributed by atoms with van der Waals surface area (Å²) in [6, 6.07) is 14.2. The molecule has 2 aromatic rings. The number of aromatic hydroxyl groups is 1. The lowest BCUT2D eigenvalue weighted by Crippen LogP contribution is -2.17. The van der Waals surface area contributed by atoms with Crippen molar-refractivity contribution in [3.8, 4) is 11.5 Å². The minimum Gasteiger partial charge on any atom is -0.508 e. The molecule has 0 spiro atoms. The van der Waals surface area contributed by atoms with Crippen molar-refractivity contribution in [3.05, 3.63) is 65.7 Å². The Morgan fingerprint density at radius 3 is 2.43 bits per heavy atom. The predicted molar refractivity (Wildman–Crippen MR) is 105 cm³/mol. The van der Waals surface area contributed by atoms with Crippen molar-refractivity contribution < 1.29 is 28.9 Å². The molecule has 1 aliphatic rings. The van der Waals surface area contributed by atoms with Gasteiger partial charge < -0.3 is 19.3 Å². The van der Waals surface area contributed by atoms with Crippen molar-refractivity contribution in [1.29, 1.82) is 0 Å². The fourth-order valence-corrected chi connectivity index (χ4v) is 2.56. The summed E-state index contributed by atoms with van der Waals surface area (Å²) in [5.41, 5.74) is 1.60. The number of phenols is 1. The molecule has 6 nitrogen and oxygen atoms in total. The van der Waals surface area contributed by atoms with Gasteiger partial charge in [-0.15, -0.1) is 0 Å². The molecule has 0 saturated heterocycles. The Bertz CT molecular complexity index is 813. The van der Waals surface area contributed by atoms with Crippen LogP contribution >= 0.6 is 0 Å². The minimum absolute atomic E-state index is 0.289. The van der Waals surface area contributed by atoms with Gasteiger partial charge in [0.15, 0.2) is 0 Å². The second-order valence-corrected chi connectivity index (χ2v) is 5.83. The molecule has 0 fully saturated rings. The number of esters is 2. The number of para-hydroxylation sites is 1. The van der Waals surface area contributed by atoms with Crippen LogP contribution < -0.4 is 4.74 Å². The van der Waals surface area contributed by atoms with E-state index in [1.807, 2.05) is 18.2 Å². The average molecular weight is 384 g/mol. The van der Waals surface area contributed by atoms with E-state index in [4.69, 9.17) is 19.3 Å². The number of rotatable bonds is 5. The van der Waals surface area contributed by atoms with Gasteiger partial charge in [-0.1, -0.05) is 24.3 Å². The second-order valence-electron chi connectivity index (χ2n) is 5.83. The molecule has 1 aliphatic heterocycles. The second kappa shape index (κ2) is 10.8. The largest absolute Gasteiger partial charge is 0.508 e. The van der Waals surface area contributed by atoms with E-state index in [2.05, 4.69) is 0 Å². The Morgan fingerprint density at radius 1 is 1.11 bits per heavy atom. The average Bonchev–Trinajstić information content (AvgIpc) is 3.11. The number of carbonyl (C=O) groups is 2. The Balaban J connectivity index is 0.000000336. The van der Waals surface area contributed by atoms with Crippen molar-refractivity contribution in [3.63, 3.8) is 0 Å². The SMILES string of the molecule is CCOC(=O)/C=C/c1ccc2c(c1)C(C(=O)OCC)CO2.Oc1ccccc1. The molecule has 0 amide bonds. The molecule has 0 saturated carbocycles. The molecule has 0 bridgehead atoms. The van der Waals surface area contributed by atoms with Gasteiger partial charge in [0.1, 0.15) is 24.0 Å². The Labute approximate surface area is 164 Å². The summed E-state index contributed by atoms with van der Waals surface area (Å²) in [6.07, 6.45) is 3.01. The molecule has 3 rings (SSSR count). The van der Waals surface area contributed by atoms with Crippen LogP contribution in [-0.2, 0) is 19.1 Å². The Kier molecular flexibility index (Phi) is 8.09. The summed E-state index contributed by atoms with van der Waals surface area (Å²) >= 11 is 0. The topological polar surface area (TPSA) is 82.1 Å². The zero-order valence-corrected chi connectivity index (χ0v) is 16.0. The zero-order chi connectivity index (χ0) is 20.4. The molecule has 0 aromatic heterocycles. The summed E-state index contributed by atoms with van der Waals surface area (Å²) in [4.78, 5) is 23.2. The first-order valence-corrected chi connectivity index (χ1v) is 9.07. The van der Waals surface area contributed by atoms with E-state index in [-0.39, 0.29) is 5.97 Å². The van der Waals surface area contributed by atoms with E-state index in [0.29, 0.717) is 31.3 Å². The van der Waals surface area contributed by atoms with Crippen LogP contribution in [0, 0.1) is 0 Å². The van der Waals surface area contributed by atoms with Crippen molar-refractivity contribution in [2.75, 3.05) is 19.8 Å². The molecular formula is C22H24O6. The summed E-state index contributed by atoms with van der Waals surface area (Å²) < 4.78 is 15.3. The van der Waals surface area contributed by atoms with Gasteiger partial charge in [0.25, 0.3) is 0 Å². The Hall–Kier alpha value is -3.28. The highest BCUT2D eigenvalue weighted by Gasteiger charge is 2.31. The van der Waals surface area contributed by atoms with Crippen LogP contribution in [0.3, 0.4) is 0 Å². The molecule has 6 heteroatoms. The Morgan fingerprint density at radius 2 is 1.82 bits per heavy atom. The van der Waals surface area contributed by atoms with Crippen LogP contribution in [0.4, 0.5) is 0 Å². The fourth-order valence-electron chi connectivity index (χ4n) is 2.56. The summed E-state index contributed by atoms with van der Waals surface area (Å²) in [7, 11) is 0. The quantitative estimate of drug-likeness (QED) is 0.625. The van der Waals surface area contributed by atoms with Gasteiger partial charge in [0, 0.05) is 11.6 Å². The predicted octanol–water partition coefficient (Wildman–Crippen LogP) is 3.69. The highest BCUT2D eigenvalue weighted by molar-refractivity contribution is 5.87. The third-order valence-electron chi connectivity index (χ3n) is 3.84. The first kappa shape index (κ1) is 21.0. The summed E-state index contributed by atoms with van der Waals surface area (Å²) in [5.74, 6) is -0.0845. The van der Waals surface area contributed by atoms with E-state index < -0.39 is 11.9 Å². The number of phenolic OH excluding ortho intramolecular Hbond substituents is 1. The number of fused-ring (bicyclic) bond motifs is 1. The molecule has 0 radical (unpaired) electrons. The number of hydrogen-bond donors (Lipinski definition) is 1. The third-order valence-corrected chi connectivity index (χ3v) is 3.84. The molecule has 2 aromatic carbocycles. The maximum Gasteiger partial charge on any atom is 0.330 e. The van der Waals surface area contributed by atoms with Gasteiger partial charge in [-0.2, -0.15) is 0 Å². The maximum atomic E-state index is 11.9. The van der Waals surface area contributed by atoms with Crippen molar-refractivity contribution in [1.82, 2.24) is 0 Å². The van der Waals surface area contributed by atoms with Gasteiger partial charge in [0.2, 0.25) is 0 Å². The first-order chi connectivity index (χ1) is 13.5. The minimum atomic E-state index is -0.407. The lowest BCUT2D eigenvalue weighted by atomic mass is 9.99. The molecular weight excluding hydrogens is 360 g/mol. The standard InChI is InChI=1S/C16H18O5.C6H6O/c1-3-19-15(17)8-6-11-5-7-14-12(9-11)13(10-21-14)16(18)20-4-2;7-6-4-2-1-3-5-6/h5-9,13H,3-4,10H2,1-2H3;1-5,7H/b8-6+;. The van der Waals surface area contributed by atoms with E-state index in [9.17, 15) is 9.59 Å². The number of hydrogen-bond acceptors (Lipinski definition) is 6. The van der Waals surface area contributed by atoms with Crippen molar-refractivity contribution >= 4 is 18.0 Å². The molecule has 1 atom stereocenters. The molecule has 1 heterocycles. The van der Waals surface area contributed by atoms with Gasteiger partial charge in [0.05, 0.1) is 13.2 Å². The van der Waals surface area contributed by atoms with E-state index in [1.165, 1.54) is 6.08 Å². The maximum absolute atomic E-state index is 11.9.